The number of piperidine rings is 1. The first-order chi connectivity index (χ1) is 14.7. The predicted molar refractivity (Wildman–Crippen MR) is 106 cm³/mol. The zero-order valence-corrected chi connectivity index (χ0v) is 17.3. The van der Waals surface area contributed by atoms with Crippen LogP contribution in [0.5, 0.6) is 0 Å². The van der Waals surface area contributed by atoms with Crippen molar-refractivity contribution in [3.63, 3.8) is 0 Å². The Bertz CT molecular complexity index is 1010. The number of carbonyl (C=O) groups is 2. The van der Waals surface area contributed by atoms with Gasteiger partial charge < -0.3 is 20.3 Å². The maximum absolute atomic E-state index is 15.0. The van der Waals surface area contributed by atoms with Crippen molar-refractivity contribution in [2.24, 2.45) is 0 Å². The number of amides is 2. The Balaban J connectivity index is 1.60. The van der Waals surface area contributed by atoms with Crippen LogP contribution in [0.15, 0.2) is 5.38 Å². The molecule has 1 saturated carbocycles. The lowest BCUT2D eigenvalue weighted by Gasteiger charge is -2.33. The van der Waals surface area contributed by atoms with E-state index in [2.05, 4.69) is 15.6 Å². The number of hydrogen-bond acceptors (Lipinski definition) is 6. The SMILES string of the molecule is CNC(=O)c1csc2c(C(F)(F)F)c(F)c(N3CCC(OC(=O)NC4CC4)CC3)nc12. The van der Waals surface area contributed by atoms with Crippen molar-refractivity contribution < 1.29 is 31.9 Å². The van der Waals surface area contributed by atoms with E-state index in [1.54, 1.807) is 0 Å². The number of alkyl halides is 3. The van der Waals surface area contributed by atoms with Crippen LogP contribution in [-0.2, 0) is 10.9 Å². The highest BCUT2D eigenvalue weighted by atomic mass is 32.1. The number of thiophene rings is 1. The zero-order valence-electron chi connectivity index (χ0n) is 16.5. The van der Waals surface area contributed by atoms with Gasteiger partial charge in [0.2, 0.25) is 0 Å². The van der Waals surface area contributed by atoms with Crippen LogP contribution in [0.4, 0.5) is 28.2 Å². The number of halogens is 4. The molecule has 0 radical (unpaired) electrons. The number of nitrogens with zero attached hydrogens (tertiary/aromatic N) is 2. The normalized spacial score (nSPS) is 17.6. The second-order valence-corrected chi connectivity index (χ2v) is 8.42. The van der Waals surface area contributed by atoms with Gasteiger partial charge in [-0.3, -0.25) is 4.79 Å². The van der Waals surface area contributed by atoms with E-state index in [4.69, 9.17) is 4.74 Å². The summed E-state index contributed by atoms with van der Waals surface area (Å²) in [4.78, 5) is 29.4. The molecule has 0 unspecified atom stereocenters. The Labute approximate surface area is 178 Å². The standard InChI is InChI=1S/C19H20F4N4O3S/c1-24-17(28)11-8-31-15-12(19(21,22)23)13(20)16(26-14(11)15)27-6-4-10(5-7-27)30-18(29)25-9-2-3-9/h8-10H,2-7H2,1H3,(H,24,28)(H,25,29). The van der Waals surface area contributed by atoms with Crippen LogP contribution in [-0.4, -0.2) is 49.3 Å². The largest absolute Gasteiger partial charge is 0.446 e. The summed E-state index contributed by atoms with van der Waals surface area (Å²) >= 11 is 0.631. The molecule has 1 saturated heterocycles. The van der Waals surface area contributed by atoms with E-state index in [1.165, 1.54) is 17.3 Å². The second-order valence-electron chi connectivity index (χ2n) is 7.54. The lowest BCUT2D eigenvalue weighted by molar-refractivity contribution is -0.138. The number of pyridine rings is 1. The van der Waals surface area contributed by atoms with Gasteiger partial charge in [-0.15, -0.1) is 11.3 Å². The van der Waals surface area contributed by atoms with Crippen LogP contribution in [0.25, 0.3) is 10.2 Å². The van der Waals surface area contributed by atoms with Crippen LogP contribution in [0.2, 0.25) is 0 Å². The highest BCUT2D eigenvalue weighted by Crippen LogP contribution is 2.43. The number of carbonyl (C=O) groups excluding carboxylic acids is 2. The van der Waals surface area contributed by atoms with E-state index in [0.29, 0.717) is 24.2 Å². The summed E-state index contributed by atoms with van der Waals surface area (Å²) in [5, 5.41) is 6.31. The fraction of sp³-hybridized carbons (Fsp3) is 0.526. The summed E-state index contributed by atoms with van der Waals surface area (Å²) in [7, 11) is 1.35. The van der Waals surface area contributed by atoms with Crippen LogP contribution in [0.3, 0.4) is 0 Å². The van der Waals surface area contributed by atoms with Crippen molar-refractivity contribution in [2.45, 2.75) is 44.0 Å². The minimum absolute atomic E-state index is 0.0378. The van der Waals surface area contributed by atoms with Gasteiger partial charge in [-0.2, -0.15) is 13.2 Å². The van der Waals surface area contributed by atoms with Gasteiger partial charge in [0.15, 0.2) is 11.6 Å². The first kappa shape index (κ1) is 21.6. The molecule has 0 atom stereocenters. The van der Waals surface area contributed by atoms with E-state index in [-0.39, 0.29) is 30.2 Å². The summed E-state index contributed by atoms with van der Waals surface area (Å²) in [6, 6.07) is 0.151. The summed E-state index contributed by atoms with van der Waals surface area (Å²) in [5.74, 6) is -2.52. The van der Waals surface area contributed by atoms with Crippen molar-refractivity contribution in [1.82, 2.24) is 15.6 Å². The lowest BCUT2D eigenvalue weighted by atomic mass is 10.1. The molecule has 0 aromatic carbocycles. The molecular weight excluding hydrogens is 440 g/mol. The number of fused-ring (bicyclic) bond motifs is 1. The lowest BCUT2D eigenvalue weighted by Crippen LogP contribution is -2.40. The number of anilines is 1. The van der Waals surface area contributed by atoms with Gasteiger partial charge in [-0.1, -0.05) is 0 Å². The minimum atomic E-state index is -4.95. The zero-order chi connectivity index (χ0) is 22.3. The fourth-order valence-electron chi connectivity index (χ4n) is 3.53. The average molecular weight is 460 g/mol. The molecule has 7 nitrogen and oxygen atoms in total. The van der Waals surface area contributed by atoms with Crippen molar-refractivity contribution in [3.8, 4) is 0 Å². The number of aromatic nitrogens is 1. The maximum Gasteiger partial charge on any atom is 0.420 e. The van der Waals surface area contributed by atoms with E-state index in [0.717, 1.165) is 12.8 Å². The Hall–Kier alpha value is -2.63. The molecule has 3 heterocycles. The van der Waals surface area contributed by atoms with Crippen LogP contribution < -0.4 is 15.5 Å². The first-order valence-electron chi connectivity index (χ1n) is 9.81. The Morgan fingerprint density at radius 3 is 2.48 bits per heavy atom. The molecule has 2 aromatic rings. The molecule has 168 valence electrons. The van der Waals surface area contributed by atoms with Gasteiger partial charge in [0.1, 0.15) is 11.7 Å². The molecule has 1 aliphatic heterocycles. The molecule has 2 amide bonds. The minimum Gasteiger partial charge on any atom is -0.446 e. The van der Waals surface area contributed by atoms with Crippen LogP contribution >= 0.6 is 11.3 Å². The van der Waals surface area contributed by atoms with Gasteiger partial charge in [0.25, 0.3) is 5.91 Å². The number of ether oxygens (including phenoxy) is 1. The molecule has 4 rings (SSSR count). The average Bonchev–Trinajstić information content (AvgIpc) is 3.42. The van der Waals surface area contributed by atoms with E-state index in [9.17, 15) is 22.8 Å². The summed E-state index contributed by atoms with van der Waals surface area (Å²) in [6.07, 6.45) is -3.39. The topological polar surface area (TPSA) is 83.6 Å². The monoisotopic (exact) mass is 460 g/mol. The molecule has 2 aromatic heterocycles. The van der Waals surface area contributed by atoms with Crippen LogP contribution in [0, 0.1) is 5.82 Å². The Morgan fingerprint density at radius 2 is 1.90 bits per heavy atom. The van der Waals surface area contributed by atoms with Gasteiger partial charge >= 0.3 is 12.3 Å². The highest BCUT2D eigenvalue weighted by molar-refractivity contribution is 7.17. The molecule has 12 heteroatoms. The smallest absolute Gasteiger partial charge is 0.420 e. The number of alkyl carbamates (subject to hydrolysis) is 1. The third kappa shape index (κ3) is 4.39. The van der Waals surface area contributed by atoms with Gasteiger partial charge in [-0.05, 0) is 12.8 Å². The second kappa shape index (κ2) is 8.13. The predicted octanol–water partition coefficient (Wildman–Crippen LogP) is 3.67. The Kier molecular flexibility index (Phi) is 5.67. The van der Waals surface area contributed by atoms with Gasteiger partial charge in [0.05, 0.1) is 15.8 Å². The molecule has 2 N–H and O–H groups in total. The molecular formula is C19H20F4N4O3S. The van der Waals surface area contributed by atoms with E-state index >= 15 is 4.39 Å². The quantitative estimate of drug-likeness (QED) is 0.681. The third-order valence-corrected chi connectivity index (χ3v) is 6.28. The highest BCUT2D eigenvalue weighted by Gasteiger charge is 2.41. The number of nitrogens with one attached hydrogen (secondary N) is 2. The Morgan fingerprint density at radius 1 is 1.23 bits per heavy atom. The fourth-order valence-corrected chi connectivity index (χ4v) is 4.57. The third-order valence-electron chi connectivity index (χ3n) is 5.30. The molecule has 1 aliphatic carbocycles. The van der Waals surface area contributed by atoms with Gasteiger partial charge in [-0.25, -0.2) is 14.2 Å². The van der Waals surface area contributed by atoms with Crippen molar-refractivity contribution >= 4 is 39.4 Å². The van der Waals surface area contributed by atoms with Crippen molar-refractivity contribution in [1.29, 1.82) is 0 Å². The van der Waals surface area contributed by atoms with Crippen molar-refractivity contribution in [3.05, 3.63) is 22.3 Å². The molecule has 31 heavy (non-hydrogen) atoms. The molecule has 2 aliphatic rings. The molecule has 2 fully saturated rings. The number of rotatable bonds is 4. The van der Waals surface area contributed by atoms with E-state index < -0.39 is 46.2 Å². The number of hydrogen-bond donors (Lipinski definition) is 2. The maximum atomic E-state index is 15.0. The van der Waals surface area contributed by atoms with Crippen LogP contribution in [0.1, 0.15) is 41.6 Å². The molecule has 0 bridgehead atoms. The van der Waals surface area contributed by atoms with Crippen molar-refractivity contribution in [2.75, 3.05) is 25.0 Å². The first-order valence-corrected chi connectivity index (χ1v) is 10.7. The summed E-state index contributed by atoms with van der Waals surface area (Å²) < 4.78 is 61.0. The van der Waals surface area contributed by atoms with E-state index in [1.807, 2.05) is 0 Å². The molecule has 0 spiro atoms. The van der Waals surface area contributed by atoms with Gasteiger partial charge in [0, 0.05) is 44.4 Å². The summed E-state index contributed by atoms with van der Waals surface area (Å²) in [5.41, 5.74) is -1.64. The summed E-state index contributed by atoms with van der Waals surface area (Å²) in [6.45, 7) is 0.321.